The number of aliphatic hydroxyl groups is 7. The highest BCUT2D eigenvalue weighted by molar-refractivity contribution is 7.55. The number of phosphoric ester groups is 4. The van der Waals surface area contributed by atoms with Gasteiger partial charge < -0.3 is 130 Å². The topological polar surface area (TPSA) is 935 Å². The van der Waals surface area contributed by atoms with Crippen molar-refractivity contribution in [2.24, 2.45) is 0 Å². The average Bonchev–Trinajstić information content (AvgIpc) is 1.57. The number of aryl methyl sites for hydroxylation is 2. The largest absolute Gasteiger partial charge is 0.472 e. The van der Waals surface area contributed by atoms with Gasteiger partial charge in [-0.1, -0.05) is 0 Å². The van der Waals surface area contributed by atoms with Crippen LogP contribution in [-0.2, 0) is 96.5 Å². The molecule has 6 aliphatic rings. The van der Waals surface area contributed by atoms with Crippen molar-refractivity contribution in [1.82, 2.24) is 77.2 Å². The SMILES string of the molecule is Cc1cn([C@H]2C[C@H](O)[C@@H](COP(=O)(O)O[C@H]3[C@@H](O)[C@H](n4ccc(N)nc4=O)O[C@@H]3COP(=O)(O)O[C@H]3[C@@H](O)[C@H](n4cnc5c(=O)[nH]c(N)nc54)O[C@@H]3COP(=O)(O)OC3[C@@H](O)[C@H](n4cnc5c(=O)[nH]c(N)nc54)O[C@@H]3COP(=O)(O)[C@@]3(O)C(COP(=O)(O)[C@]4(O)C[C@H](n5cc(C)c(=O)[nH]c5=O)O[C@@H]4COP(=O)(O)O)O[C@@H](n4ccc(N)nc4=O)[C@@H]3O)O2)c(=O)[nH]c1=O. The predicted octanol–water partition coefficient (Wildman–Crippen LogP) is -8.82. The monoisotopic (exact) mass is 1930 g/mol. The third kappa shape index (κ3) is 18.9. The highest BCUT2D eigenvalue weighted by atomic mass is 31.2. The molecule has 696 valence electrons. The van der Waals surface area contributed by atoms with E-state index in [9.17, 15) is 131 Å². The fourth-order valence-electron chi connectivity index (χ4n) is 14.4. The molecule has 0 aromatic carbocycles. The molecular formula is C58H76N20O43P6. The summed E-state index contributed by atoms with van der Waals surface area (Å²) < 4.78 is 170. The molecule has 69 heteroatoms. The Hall–Kier alpha value is -8.76. The Kier molecular flexibility index (Phi) is 26.1. The minimum absolute atomic E-state index is 0.0572. The van der Waals surface area contributed by atoms with Gasteiger partial charge in [0.25, 0.3) is 22.2 Å². The van der Waals surface area contributed by atoms with E-state index in [0.717, 1.165) is 63.3 Å². The molecule has 6 aliphatic heterocycles. The number of nitrogens with zero attached hydrogens (tertiary/aromatic N) is 12. The quantitative estimate of drug-likeness (QED) is 0.0174. The number of hydrogen-bond acceptors (Lipinski definition) is 46. The maximum absolute atomic E-state index is 15.2. The molecule has 8 aromatic rings. The van der Waals surface area contributed by atoms with Gasteiger partial charge >= 0.3 is 69.2 Å². The van der Waals surface area contributed by atoms with Crippen LogP contribution in [0.25, 0.3) is 22.3 Å². The van der Waals surface area contributed by atoms with Crippen molar-refractivity contribution < 1.29 is 167 Å². The highest BCUT2D eigenvalue weighted by Crippen LogP contribution is 2.67. The van der Waals surface area contributed by atoms with E-state index in [1.807, 2.05) is 4.98 Å². The molecule has 0 aliphatic carbocycles. The van der Waals surface area contributed by atoms with Crippen molar-refractivity contribution in [3.8, 4) is 0 Å². The van der Waals surface area contributed by atoms with Crippen molar-refractivity contribution in [2.45, 2.75) is 160 Å². The summed E-state index contributed by atoms with van der Waals surface area (Å²) in [5, 5.41) is 76.2. The summed E-state index contributed by atoms with van der Waals surface area (Å²) in [6.45, 7) is -6.45. The zero-order valence-electron chi connectivity index (χ0n) is 64.3. The van der Waals surface area contributed by atoms with Crippen LogP contribution < -0.4 is 67.9 Å². The van der Waals surface area contributed by atoms with Crippen LogP contribution in [0.4, 0.5) is 23.5 Å². The number of fused-ring (bicyclic) bond motifs is 2. The maximum Gasteiger partial charge on any atom is 0.472 e. The molecule has 0 bridgehead atoms. The molecule has 63 nitrogen and oxygen atoms in total. The Morgan fingerprint density at radius 2 is 0.858 bits per heavy atom. The fourth-order valence-corrected chi connectivity index (χ4v) is 20.6. The number of ether oxygens (including phenoxy) is 6. The number of H-pyrrole nitrogens is 4. The second kappa shape index (κ2) is 35.2. The molecule has 14 rings (SSSR count). The molecule has 0 spiro atoms. The molecule has 14 heterocycles. The van der Waals surface area contributed by atoms with Crippen molar-refractivity contribution in [3.63, 3.8) is 0 Å². The lowest BCUT2D eigenvalue weighted by atomic mass is 10.1. The molecule has 26 N–H and O–H groups in total. The molecule has 0 radical (unpaired) electrons. The summed E-state index contributed by atoms with van der Waals surface area (Å²) in [7, 11) is -36.1. The van der Waals surface area contributed by atoms with Crippen LogP contribution in [-0.4, -0.2) is 283 Å². The molecule has 127 heavy (non-hydrogen) atoms. The van der Waals surface area contributed by atoms with E-state index in [4.69, 9.17) is 87.5 Å². The van der Waals surface area contributed by atoms with Crippen molar-refractivity contribution in [2.75, 3.05) is 62.6 Å². The van der Waals surface area contributed by atoms with E-state index in [-0.39, 0.29) is 23.4 Å². The van der Waals surface area contributed by atoms with Crippen molar-refractivity contribution in [1.29, 1.82) is 0 Å². The molecule has 0 saturated carbocycles. The lowest BCUT2D eigenvalue weighted by molar-refractivity contribution is -0.0768. The smallest absolute Gasteiger partial charge is 0.390 e. The van der Waals surface area contributed by atoms with Gasteiger partial charge in [-0.25, -0.2) is 47.4 Å². The summed E-state index contributed by atoms with van der Waals surface area (Å²) in [4.78, 5) is 211. The number of nitrogens with one attached hydrogen (secondary N) is 4. The van der Waals surface area contributed by atoms with Gasteiger partial charge in [-0.05, 0) is 26.0 Å². The summed E-state index contributed by atoms with van der Waals surface area (Å²) in [5.41, 5.74) is 12.2. The summed E-state index contributed by atoms with van der Waals surface area (Å²) in [6, 6.07) is 1.94. The maximum atomic E-state index is 15.2. The number of aliphatic hydroxyl groups excluding tert-OH is 5. The average molecular weight is 1930 g/mol. The Morgan fingerprint density at radius 3 is 1.30 bits per heavy atom. The molecule has 6 fully saturated rings. The second-order valence-electron chi connectivity index (χ2n) is 29.0. The Labute approximate surface area is 700 Å². The fraction of sp³-hybridized carbons (Fsp3) is 0.552. The Bertz CT molecular complexity index is 6400. The van der Waals surface area contributed by atoms with Crippen LogP contribution in [0.2, 0.25) is 0 Å². The van der Waals surface area contributed by atoms with E-state index in [1.165, 1.54) is 13.8 Å². The Balaban J connectivity index is 0.729. The number of nitrogen functional groups attached to an aromatic ring is 4. The van der Waals surface area contributed by atoms with Gasteiger partial charge in [0.2, 0.25) is 17.2 Å². The van der Waals surface area contributed by atoms with Crippen LogP contribution in [0.5, 0.6) is 0 Å². The normalized spacial score (nSPS) is 32.3. The summed E-state index contributed by atoms with van der Waals surface area (Å²) in [6.07, 6.45) is -41.0. The molecule has 0 amide bonds. The summed E-state index contributed by atoms with van der Waals surface area (Å²) >= 11 is 0. The van der Waals surface area contributed by atoms with Gasteiger partial charge in [-0.2, -0.15) is 19.9 Å². The zero-order chi connectivity index (χ0) is 92.4. The van der Waals surface area contributed by atoms with Gasteiger partial charge in [-0.15, -0.1) is 0 Å². The van der Waals surface area contributed by atoms with E-state index < -0.39 is 311 Å². The number of aromatic nitrogens is 16. The van der Waals surface area contributed by atoms with Crippen LogP contribution in [0.1, 0.15) is 61.3 Å². The first-order valence-electron chi connectivity index (χ1n) is 36.5. The molecule has 7 unspecified atom stereocenters. The lowest BCUT2D eigenvalue weighted by Gasteiger charge is -2.36. The number of aromatic amines is 4. The van der Waals surface area contributed by atoms with E-state index >= 15 is 4.57 Å². The van der Waals surface area contributed by atoms with Crippen LogP contribution in [0.15, 0.2) is 87.9 Å². The van der Waals surface area contributed by atoms with Gasteiger partial charge in [0.1, 0.15) is 103 Å². The predicted molar refractivity (Wildman–Crippen MR) is 407 cm³/mol. The third-order valence-corrected chi connectivity index (χ3v) is 28.0. The second-order valence-corrected chi connectivity index (χ2v) is 38.6. The molecule has 27 atom stereocenters. The highest BCUT2D eigenvalue weighted by Gasteiger charge is 2.70. The van der Waals surface area contributed by atoms with Crippen LogP contribution in [0, 0.1) is 13.8 Å². The number of anilines is 4. The first-order chi connectivity index (χ1) is 59.3. The lowest BCUT2D eigenvalue weighted by Crippen LogP contribution is -2.50. The third-order valence-electron chi connectivity index (χ3n) is 20.7. The number of imidazole rings is 2. The number of nitrogens with two attached hydrogens (primary N) is 4. The van der Waals surface area contributed by atoms with Crippen molar-refractivity contribution >= 4 is 92.3 Å². The zero-order valence-corrected chi connectivity index (χ0v) is 69.6. The van der Waals surface area contributed by atoms with Gasteiger partial charge in [-0.3, -0.25) is 107 Å². The van der Waals surface area contributed by atoms with Crippen LogP contribution >= 0.6 is 46.5 Å². The molecule has 6 saturated heterocycles. The molecule has 8 aromatic heterocycles. The first-order valence-corrected chi connectivity index (χ1v) is 45.6. The van der Waals surface area contributed by atoms with Gasteiger partial charge in [0.15, 0.2) is 52.6 Å². The number of rotatable bonds is 32. The van der Waals surface area contributed by atoms with E-state index in [0.29, 0.717) is 13.7 Å². The number of phosphoric acid groups is 4. The van der Waals surface area contributed by atoms with Gasteiger partial charge in [0, 0.05) is 48.8 Å². The minimum Gasteiger partial charge on any atom is -0.390 e. The van der Waals surface area contributed by atoms with E-state index in [2.05, 4.69) is 49.4 Å². The number of hydrogen-bond donors (Lipinski definition) is 22. The standard InChI is InChI=1S/C58H76N20O43P6/c1-19-9-75(55(90)71-43(19)84)30-7-21(79)22(113-30)11-110-125(101,102)120-38-24(114-47(34(38)80)73-5-3-28(59)65-53(73)88)13-111-127(105,106)121-39-25(116-49(36(39)82)78-18-64-33-42(78)68-52(62)70-46(33)87)14-112-126(103,104)119-37-23(115-48(35(37)81)77-17-63-32-41(77)67-51(61)69-45(32)86)12-107-123(96,97)58(93)27(118-50(40(58)83)74-6-4-29(60)66-54(74)89)16-108-122(94,95)57(92)8-31(117-26(57)15-109-124(98,99)100)76-10-20(2)44(85)72-56(76)91/h3-6,9-10,17-18,21-27,30-31,34-40,47-50,79-83,92-93H,7-8,11-16H2,1-2H3,(H,94,95)(H,96,97)(H,101,102)(H,103,104)(H,105,106)(H2,59,65,88)(H2,60,66,89)(H,71,84,90)(H,72,85,91)(H2,98,99,100)(H3,61,67,69,86)(H3,62,68,70,87)/t21-,22+,23+,24+,25+,26+,27?,30+,31+,34+,35+,36+,37?,38+,39+,40-,47+,48+,49+,50+,57+,58-/m0/s1. The van der Waals surface area contributed by atoms with Crippen molar-refractivity contribution in [3.05, 3.63) is 144 Å². The summed E-state index contributed by atoms with van der Waals surface area (Å²) in [5.74, 6) is -2.02. The van der Waals surface area contributed by atoms with Crippen LogP contribution in [0.3, 0.4) is 0 Å². The first kappa shape index (κ1) is 94.4. The Morgan fingerprint density at radius 1 is 0.457 bits per heavy atom. The minimum atomic E-state index is -6.53. The van der Waals surface area contributed by atoms with E-state index in [1.54, 1.807) is 0 Å². The molecular weight excluding hydrogens is 1850 g/mol. The van der Waals surface area contributed by atoms with Gasteiger partial charge in [0.05, 0.1) is 58.4 Å².